The van der Waals surface area contributed by atoms with Gasteiger partial charge >= 0.3 is 0 Å². The van der Waals surface area contributed by atoms with E-state index in [9.17, 15) is 9.90 Å². The summed E-state index contributed by atoms with van der Waals surface area (Å²) in [5.74, 6) is 4.11. The average Bonchev–Trinajstić information content (AvgIpc) is 3.02. The minimum atomic E-state index is -0.212. The second-order valence-electron chi connectivity index (χ2n) is 11.7. The van der Waals surface area contributed by atoms with Crippen molar-refractivity contribution in [1.29, 1.82) is 0 Å². The van der Waals surface area contributed by atoms with Gasteiger partial charge in [-0.05, 0) is 85.2 Å². The van der Waals surface area contributed by atoms with Gasteiger partial charge in [0.1, 0.15) is 0 Å². The molecule has 1 N–H and O–H groups in total. The molecular formula is C27H42O2. The van der Waals surface area contributed by atoms with Crippen molar-refractivity contribution in [1.82, 2.24) is 0 Å². The van der Waals surface area contributed by atoms with E-state index >= 15 is 0 Å². The van der Waals surface area contributed by atoms with E-state index in [-0.39, 0.29) is 22.7 Å². The van der Waals surface area contributed by atoms with Crippen molar-refractivity contribution < 1.29 is 9.90 Å². The van der Waals surface area contributed by atoms with Crippen LogP contribution < -0.4 is 0 Å². The Labute approximate surface area is 178 Å². The van der Waals surface area contributed by atoms with Gasteiger partial charge in [-0.3, -0.25) is 4.79 Å². The minimum Gasteiger partial charge on any atom is -0.393 e. The molecule has 0 aromatic heterocycles. The normalized spacial score (nSPS) is 44.9. The summed E-state index contributed by atoms with van der Waals surface area (Å²) < 4.78 is 0. The Hall–Kier alpha value is -0.890. The number of ketones is 1. The molecule has 0 aromatic rings. The number of carbonyl (C=O) groups excluding carboxylic acids is 1. The number of fused-ring (bicyclic) bond motifs is 5. The van der Waals surface area contributed by atoms with Crippen LogP contribution in [0.5, 0.6) is 0 Å². The van der Waals surface area contributed by atoms with Crippen LogP contribution in [0, 0.1) is 46.3 Å². The van der Waals surface area contributed by atoms with Gasteiger partial charge in [-0.15, -0.1) is 0 Å². The number of aliphatic hydroxyl groups is 1. The third kappa shape index (κ3) is 3.38. The lowest BCUT2D eigenvalue weighted by Gasteiger charge is -2.59. The van der Waals surface area contributed by atoms with Crippen LogP contribution in [-0.4, -0.2) is 17.0 Å². The highest BCUT2D eigenvalue weighted by atomic mass is 16.3. The SMILES string of the molecule is CC(C)CCC[C@@H](C)[C@H]1CC[C@H]2[C@@H]3CCC4=CC(=O)C=C[C@]4(C)[C@H]3C[C@@H](O)[C@]12C. The van der Waals surface area contributed by atoms with E-state index in [2.05, 4.69) is 40.7 Å². The van der Waals surface area contributed by atoms with Gasteiger partial charge in [0.2, 0.25) is 0 Å². The lowest BCUT2D eigenvalue weighted by Crippen LogP contribution is -2.56. The Balaban J connectivity index is 1.55. The fourth-order valence-corrected chi connectivity index (χ4v) is 8.18. The van der Waals surface area contributed by atoms with Crippen molar-refractivity contribution in [3.05, 3.63) is 23.8 Å². The van der Waals surface area contributed by atoms with Gasteiger partial charge < -0.3 is 5.11 Å². The first-order chi connectivity index (χ1) is 13.7. The molecule has 4 rings (SSSR count). The van der Waals surface area contributed by atoms with Crippen LogP contribution in [0.25, 0.3) is 0 Å². The predicted molar refractivity (Wildman–Crippen MR) is 119 cm³/mol. The summed E-state index contributed by atoms with van der Waals surface area (Å²) in [6.07, 6.45) is 15.3. The standard InChI is InChI=1S/C27H42O2/c1-17(2)7-6-8-18(3)22-11-12-23-21-10-9-19-15-20(28)13-14-26(19,4)24(21)16-25(29)27(22,23)5/h13-15,17-18,21-25,29H,6-12,16H2,1-5H3/t18-,21+,22-,23+,24+,25-,26+,27-/m1/s1. The number of aliphatic hydroxyl groups excluding tert-OH is 1. The van der Waals surface area contributed by atoms with Gasteiger partial charge in [0.05, 0.1) is 6.10 Å². The lowest BCUT2D eigenvalue weighted by atomic mass is 9.46. The third-order valence-corrected chi connectivity index (χ3v) is 9.86. The molecule has 0 heterocycles. The van der Waals surface area contributed by atoms with Crippen LogP contribution in [-0.2, 0) is 4.79 Å². The van der Waals surface area contributed by atoms with Crippen LogP contribution in [0.3, 0.4) is 0 Å². The highest BCUT2D eigenvalue weighted by Gasteiger charge is 2.62. The van der Waals surface area contributed by atoms with E-state index < -0.39 is 0 Å². The summed E-state index contributed by atoms with van der Waals surface area (Å²) in [7, 11) is 0. The Morgan fingerprint density at radius 2 is 1.86 bits per heavy atom. The molecule has 8 atom stereocenters. The number of rotatable bonds is 5. The molecule has 162 valence electrons. The van der Waals surface area contributed by atoms with Crippen LogP contribution in [0.2, 0.25) is 0 Å². The van der Waals surface area contributed by atoms with Crippen LogP contribution >= 0.6 is 0 Å². The van der Waals surface area contributed by atoms with Crippen molar-refractivity contribution in [2.45, 2.75) is 92.1 Å². The van der Waals surface area contributed by atoms with Gasteiger partial charge in [-0.25, -0.2) is 0 Å². The number of allylic oxidation sites excluding steroid dienone is 4. The molecule has 2 nitrogen and oxygen atoms in total. The molecule has 0 bridgehead atoms. The zero-order chi connectivity index (χ0) is 21.0. The summed E-state index contributed by atoms with van der Waals surface area (Å²) in [6, 6.07) is 0. The molecule has 3 saturated carbocycles. The van der Waals surface area contributed by atoms with Gasteiger partial charge in [0, 0.05) is 5.41 Å². The fourth-order valence-electron chi connectivity index (χ4n) is 8.18. The second-order valence-corrected chi connectivity index (χ2v) is 11.7. The van der Waals surface area contributed by atoms with E-state index in [0.29, 0.717) is 29.6 Å². The first-order valence-electron chi connectivity index (χ1n) is 12.3. The quantitative estimate of drug-likeness (QED) is 0.586. The molecule has 4 aliphatic carbocycles. The molecule has 2 heteroatoms. The largest absolute Gasteiger partial charge is 0.393 e. The van der Waals surface area contributed by atoms with Crippen LogP contribution in [0.1, 0.15) is 86.0 Å². The summed E-state index contributed by atoms with van der Waals surface area (Å²) in [5.41, 5.74) is 1.36. The first kappa shape index (κ1) is 21.3. The van der Waals surface area contributed by atoms with Gasteiger partial charge in [-0.1, -0.05) is 65.5 Å². The van der Waals surface area contributed by atoms with Gasteiger partial charge in [0.15, 0.2) is 5.78 Å². The van der Waals surface area contributed by atoms with Gasteiger partial charge in [-0.2, -0.15) is 0 Å². The Morgan fingerprint density at radius 3 is 2.59 bits per heavy atom. The van der Waals surface area contributed by atoms with Crippen molar-refractivity contribution in [2.24, 2.45) is 46.3 Å². The molecule has 0 aromatic carbocycles. The molecule has 0 radical (unpaired) electrons. The zero-order valence-electron chi connectivity index (χ0n) is 19.3. The summed E-state index contributed by atoms with van der Waals surface area (Å²) in [6.45, 7) is 11.9. The average molecular weight is 399 g/mol. The molecule has 0 unspecified atom stereocenters. The molecule has 3 fully saturated rings. The van der Waals surface area contributed by atoms with E-state index in [0.717, 1.165) is 18.8 Å². The minimum absolute atomic E-state index is 0.0277. The first-order valence-corrected chi connectivity index (χ1v) is 12.3. The summed E-state index contributed by atoms with van der Waals surface area (Å²) >= 11 is 0. The van der Waals surface area contributed by atoms with E-state index in [4.69, 9.17) is 0 Å². The lowest BCUT2D eigenvalue weighted by molar-refractivity contribution is -0.132. The van der Waals surface area contributed by atoms with E-state index in [1.54, 1.807) is 6.08 Å². The molecule has 29 heavy (non-hydrogen) atoms. The summed E-state index contributed by atoms with van der Waals surface area (Å²) in [5, 5.41) is 11.6. The van der Waals surface area contributed by atoms with Gasteiger partial charge in [0.25, 0.3) is 0 Å². The summed E-state index contributed by atoms with van der Waals surface area (Å²) in [4.78, 5) is 12.0. The van der Waals surface area contributed by atoms with Crippen molar-refractivity contribution in [2.75, 3.05) is 0 Å². The molecule has 0 saturated heterocycles. The monoisotopic (exact) mass is 398 g/mol. The second kappa shape index (κ2) is 7.66. The maximum Gasteiger partial charge on any atom is 0.178 e. The van der Waals surface area contributed by atoms with Crippen LogP contribution in [0.4, 0.5) is 0 Å². The molecular weight excluding hydrogens is 356 g/mol. The topological polar surface area (TPSA) is 37.3 Å². The highest BCUT2D eigenvalue weighted by molar-refractivity contribution is 6.01. The smallest absolute Gasteiger partial charge is 0.178 e. The Bertz CT molecular complexity index is 703. The third-order valence-electron chi connectivity index (χ3n) is 9.86. The van der Waals surface area contributed by atoms with E-state index in [1.165, 1.54) is 44.1 Å². The maximum absolute atomic E-state index is 12.0. The zero-order valence-corrected chi connectivity index (χ0v) is 19.3. The molecule has 0 amide bonds. The van der Waals surface area contributed by atoms with Crippen molar-refractivity contribution >= 4 is 5.78 Å². The van der Waals surface area contributed by atoms with Crippen molar-refractivity contribution in [3.8, 4) is 0 Å². The maximum atomic E-state index is 12.0. The highest BCUT2D eigenvalue weighted by Crippen LogP contribution is 2.67. The van der Waals surface area contributed by atoms with Crippen molar-refractivity contribution in [3.63, 3.8) is 0 Å². The van der Waals surface area contributed by atoms with Crippen LogP contribution in [0.15, 0.2) is 23.8 Å². The molecule has 4 aliphatic rings. The van der Waals surface area contributed by atoms with E-state index in [1.807, 2.05) is 6.08 Å². The Kier molecular flexibility index (Phi) is 5.64. The molecule has 0 aliphatic heterocycles. The predicted octanol–water partition coefficient (Wildman–Crippen LogP) is 6.34. The number of carbonyl (C=O) groups is 1. The Morgan fingerprint density at radius 1 is 1.10 bits per heavy atom. The number of hydrogen-bond acceptors (Lipinski definition) is 2. The number of hydrogen-bond donors (Lipinski definition) is 1. The molecule has 0 spiro atoms. The fraction of sp³-hybridized carbons (Fsp3) is 0.815.